The second-order valence-corrected chi connectivity index (χ2v) is 15.6. The summed E-state index contributed by atoms with van der Waals surface area (Å²) in [5.41, 5.74) is 4.08. The number of imide groups is 2. The van der Waals surface area contributed by atoms with Gasteiger partial charge in [-0.25, -0.2) is 4.98 Å². The first-order valence-corrected chi connectivity index (χ1v) is 20.1. The van der Waals surface area contributed by atoms with E-state index in [1.54, 1.807) is 18.6 Å². The number of carbonyl (C=O) groups excluding carboxylic acids is 4. The van der Waals surface area contributed by atoms with Crippen LogP contribution in [0.4, 0.5) is 5.69 Å². The largest absolute Gasteiger partial charge is 0.369 e. The summed E-state index contributed by atoms with van der Waals surface area (Å²) in [7, 11) is 3.99. The Morgan fingerprint density at radius 2 is 1.16 bits per heavy atom. The smallest absolute Gasteiger partial charge is 0.261 e. The van der Waals surface area contributed by atoms with Crippen molar-refractivity contribution in [2.24, 2.45) is 0 Å². The molecule has 3 aliphatic heterocycles. The molecule has 4 heterocycles. The van der Waals surface area contributed by atoms with E-state index < -0.39 is 0 Å². The maximum absolute atomic E-state index is 14.0. The monoisotopic (exact) mass is 772 g/mol. The summed E-state index contributed by atoms with van der Waals surface area (Å²) >= 11 is 4.36. The molecular formula is C43H48N8O4S. The Morgan fingerprint density at radius 1 is 0.625 bits per heavy atom. The molecule has 3 aliphatic rings. The molecule has 0 spiro atoms. The second kappa shape index (κ2) is 16.2. The van der Waals surface area contributed by atoms with Crippen molar-refractivity contribution in [1.82, 2.24) is 34.1 Å². The van der Waals surface area contributed by atoms with Crippen LogP contribution in [0.1, 0.15) is 54.3 Å². The van der Waals surface area contributed by atoms with Crippen molar-refractivity contribution >= 4 is 63.5 Å². The Balaban J connectivity index is 0.846. The van der Waals surface area contributed by atoms with Crippen LogP contribution in [0.25, 0.3) is 27.2 Å². The van der Waals surface area contributed by atoms with Gasteiger partial charge in [-0.05, 0) is 99.5 Å². The number of aromatic nitrogens is 2. The molecule has 4 amide bonds. The molecule has 5 aromatic rings. The first-order valence-electron chi connectivity index (χ1n) is 19.5. The number of hydrogen-bond acceptors (Lipinski definition) is 10. The number of benzene rings is 4. The van der Waals surface area contributed by atoms with Gasteiger partial charge in [-0.1, -0.05) is 24.3 Å². The lowest BCUT2D eigenvalue weighted by Gasteiger charge is -2.37. The van der Waals surface area contributed by atoms with Crippen LogP contribution in [0, 0.1) is 0 Å². The van der Waals surface area contributed by atoms with Gasteiger partial charge in [0.05, 0.1) is 17.5 Å². The molecule has 13 heteroatoms. The van der Waals surface area contributed by atoms with Crippen LogP contribution >= 0.6 is 12.6 Å². The molecule has 1 fully saturated rings. The number of likely N-dealkylation sites (N-methyl/N-ethyl adjacent to an activating group) is 2. The van der Waals surface area contributed by atoms with Crippen molar-refractivity contribution < 1.29 is 19.2 Å². The quantitative estimate of drug-likeness (QED) is 0.119. The summed E-state index contributed by atoms with van der Waals surface area (Å²) < 4.78 is 1.86. The van der Waals surface area contributed by atoms with Crippen molar-refractivity contribution in [3.63, 3.8) is 0 Å². The molecule has 290 valence electrons. The Bertz CT molecular complexity index is 2300. The second-order valence-electron chi connectivity index (χ2n) is 15.2. The van der Waals surface area contributed by atoms with Crippen molar-refractivity contribution in [2.45, 2.75) is 12.8 Å². The zero-order chi connectivity index (χ0) is 38.9. The highest BCUT2D eigenvalue weighted by molar-refractivity contribution is 7.80. The summed E-state index contributed by atoms with van der Waals surface area (Å²) in [5, 5.41) is 3.21. The maximum Gasteiger partial charge on any atom is 0.261 e. The molecule has 4 aromatic carbocycles. The highest BCUT2D eigenvalue weighted by atomic mass is 32.1. The molecule has 1 aromatic heterocycles. The third-order valence-corrected chi connectivity index (χ3v) is 11.8. The third-order valence-electron chi connectivity index (χ3n) is 11.5. The van der Waals surface area contributed by atoms with Gasteiger partial charge in [0, 0.05) is 98.0 Å². The van der Waals surface area contributed by atoms with Gasteiger partial charge in [0.1, 0.15) is 0 Å². The lowest BCUT2D eigenvalue weighted by Crippen LogP contribution is -2.47. The minimum absolute atomic E-state index is 0.236. The highest BCUT2D eigenvalue weighted by Gasteiger charge is 2.35. The summed E-state index contributed by atoms with van der Waals surface area (Å²) in [4.78, 5) is 70.9. The van der Waals surface area contributed by atoms with Gasteiger partial charge in [0.15, 0.2) is 0 Å². The number of hydrogen-bond donors (Lipinski definition) is 1. The zero-order valence-electron chi connectivity index (χ0n) is 32.1. The predicted molar refractivity (Wildman–Crippen MR) is 222 cm³/mol. The molecule has 0 aliphatic carbocycles. The van der Waals surface area contributed by atoms with Crippen LogP contribution in [0.5, 0.6) is 0 Å². The van der Waals surface area contributed by atoms with Crippen molar-refractivity contribution in [3.8, 4) is 5.69 Å². The summed E-state index contributed by atoms with van der Waals surface area (Å²) in [5.74, 6) is -0.153. The van der Waals surface area contributed by atoms with Gasteiger partial charge in [0.25, 0.3) is 23.6 Å². The average Bonchev–Trinajstić information content (AvgIpc) is 3.76. The lowest BCUT2D eigenvalue weighted by atomic mass is 9.93. The molecule has 8 rings (SSSR count). The van der Waals surface area contributed by atoms with E-state index in [0.29, 0.717) is 47.3 Å². The van der Waals surface area contributed by atoms with Crippen molar-refractivity contribution in [3.05, 3.63) is 102 Å². The van der Waals surface area contributed by atoms with Crippen LogP contribution < -0.4 is 4.90 Å². The normalized spacial score (nSPS) is 16.1. The molecular weight excluding hydrogens is 725 g/mol. The average molecular weight is 773 g/mol. The van der Waals surface area contributed by atoms with Crippen LogP contribution in [0.2, 0.25) is 0 Å². The van der Waals surface area contributed by atoms with E-state index in [9.17, 15) is 19.2 Å². The van der Waals surface area contributed by atoms with E-state index in [0.717, 1.165) is 91.9 Å². The zero-order valence-corrected chi connectivity index (χ0v) is 33.0. The van der Waals surface area contributed by atoms with E-state index in [2.05, 4.69) is 43.3 Å². The van der Waals surface area contributed by atoms with Crippen LogP contribution in [-0.2, 0) is 0 Å². The molecule has 0 unspecified atom stereocenters. The fourth-order valence-electron chi connectivity index (χ4n) is 8.33. The van der Waals surface area contributed by atoms with Gasteiger partial charge >= 0.3 is 0 Å². The summed E-state index contributed by atoms with van der Waals surface area (Å²) in [6.45, 7) is 7.93. The summed E-state index contributed by atoms with van der Waals surface area (Å²) in [6.07, 6.45) is 7.12. The Kier molecular flexibility index (Phi) is 10.9. The Labute approximate surface area is 332 Å². The molecule has 0 bridgehead atoms. The van der Waals surface area contributed by atoms with Crippen LogP contribution in [0.15, 0.2) is 79.4 Å². The first kappa shape index (κ1) is 37.8. The van der Waals surface area contributed by atoms with Gasteiger partial charge in [0.2, 0.25) is 0 Å². The third kappa shape index (κ3) is 7.32. The SMILES string of the molecule is CN(CCCN(C)CCN1C(=O)c2cccc3cc(-n4ccnc4)cc(c23)C1=O)CCN1C(=O)c2cccc3cc(N4CCN(CCCS)CC4)cc(c23)C1=O. The van der Waals surface area contributed by atoms with E-state index in [1.807, 2.05) is 73.4 Å². The Hall–Kier alpha value is -5.08. The van der Waals surface area contributed by atoms with E-state index >= 15 is 0 Å². The topological polar surface area (TPSA) is 106 Å². The molecule has 0 atom stereocenters. The van der Waals surface area contributed by atoms with Crippen molar-refractivity contribution in [2.75, 3.05) is 96.7 Å². The fraction of sp³-hybridized carbons (Fsp3) is 0.372. The highest BCUT2D eigenvalue weighted by Crippen LogP contribution is 2.35. The fourth-order valence-corrected chi connectivity index (χ4v) is 8.47. The maximum atomic E-state index is 14.0. The molecule has 12 nitrogen and oxygen atoms in total. The number of rotatable bonds is 15. The first-order chi connectivity index (χ1) is 27.2. The number of nitrogens with zero attached hydrogens (tertiary/aromatic N) is 8. The molecule has 0 radical (unpaired) electrons. The number of piperazine rings is 1. The van der Waals surface area contributed by atoms with Gasteiger partial charge in [-0.2, -0.15) is 12.6 Å². The molecule has 56 heavy (non-hydrogen) atoms. The number of anilines is 1. The number of carbonyl (C=O) groups is 4. The molecule has 1 saturated heterocycles. The van der Waals surface area contributed by atoms with Crippen LogP contribution in [-0.4, -0.2) is 150 Å². The number of imidazole rings is 1. The van der Waals surface area contributed by atoms with Crippen molar-refractivity contribution in [1.29, 1.82) is 0 Å². The van der Waals surface area contributed by atoms with Gasteiger partial charge < -0.3 is 19.3 Å². The Morgan fingerprint density at radius 3 is 1.70 bits per heavy atom. The van der Waals surface area contributed by atoms with Crippen LogP contribution in [0.3, 0.4) is 0 Å². The molecule has 0 saturated carbocycles. The van der Waals surface area contributed by atoms with E-state index in [1.165, 1.54) is 9.80 Å². The summed E-state index contributed by atoms with van der Waals surface area (Å²) in [6, 6.07) is 19.2. The predicted octanol–water partition coefficient (Wildman–Crippen LogP) is 4.77. The van der Waals surface area contributed by atoms with Gasteiger partial charge in [-0.15, -0.1) is 0 Å². The standard InChI is InChI=1S/C43H48N8O4S/c1-45(12-5-13-46(2)17-23-51-41(53)35-10-4-8-31-26-33(49-15-11-44-29-49)28-37(39(31)35)43(51)55)16-22-50-40(52)34-9-3-7-30-25-32(27-36(38(30)34)42(50)54)48-20-18-47(19-21-48)14-6-24-56/h3-4,7-11,15,25-29,56H,5-6,12-14,16-24H2,1-2H3. The number of amides is 4. The van der Waals surface area contributed by atoms with E-state index in [-0.39, 0.29) is 30.2 Å². The lowest BCUT2D eigenvalue weighted by molar-refractivity contribution is 0.0585. The minimum atomic E-state index is -0.288. The minimum Gasteiger partial charge on any atom is -0.369 e. The van der Waals surface area contributed by atoms with Gasteiger partial charge in [-0.3, -0.25) is 33.9 Å². The number of thiol groups is 1. The molecule has 0 N–H and O–H groups in total. The van der Waals surface area contributed by atoms with E-state index in [4.69, 9.17) is 0 Å².